The standard InChI is InChI=1S/C8H3F2NO2/c1-2-5-6(9)3-4-7(8(5)10)11(12)13/h1,3-4H. The maximum atomic E-state index is 13.0. The van der Waals surface area contributed by atoms with E-state index < -0.39 is 27.8 Å². The highest BCUT2D eigenvalue weighted by Crippen LogP contribution is 2.21. The monoisotopic (exact) mass is 183 g/mol. The Labute approximate surface area is 72.1 Å². The molecule has 0 unspecified atom stereocenters. The number of nitrogens with zero attached hydrogens (tertiary/aromatic N) is 1. The zero-order chi connectivity index (χ0) is 10.0. The van der Waals surface area contributed by atoms with E-state index in [0.29, 0.717) is 0 Å². The first-order valence-electron chi connectivity index (χ1n) is 3.17. The van der Waals surface area contributed by atoms with Crippen molar-refractivity contribution in [3.8, 4) is 12.3 Å². The van der Waals surface area contributed by atoms with Gasteiger partial charge < -0.3 is 0 Å². The van der Waals surface area contributed by atoms with Gasteiger partial charge in [0, 0.05) is 6.07 Å². The van der Waals surface area contributed by atoms with Crippen LogP contribution in [0.3, 0.4) is 0 Å². The van der Waals surface area contributed by atoms with Gasteiger partial charge in [-0.05, 0) is 6.07 Å². The molecule has 0 aliphatic rings. The summed E-state index contributed by atoms with van der Waals surface area (Å²) in [6.45, 7) is 0. The van der Waals surface area contributed by atoms with E-state index in [4.69, 9.17) is 6.42 Å². The highest BCUT2D eigenvalue weighted by atomic mass is 19.1. The molecule has 13 heavy (non-hydrogen) atoms. The van der Waals surface area contributed by atoms with Gasteiger partial charge in [-0.1, -0.05) is 5.92 Å². The summed E-state index contributed by atoms with van der Waals surface area (Å²) in [5, 5.41) is 10.2. The van der Waals surface area contributed by atoms with Crippen molar-refractivity contribution in [2.24, 2.45) is 0 Å². The van der Waals surface area contributed by atoms with Crippen molar-refractivity contribution in [3.05, 3.63) is 39.4 Å². The molecule has 0 fully saturated rings. The Morgan fingerprint density at radius 2 is 2.08 bits per heavy atom. The molecule has 0 bridgehead atoms. The van der Waals surface area contributed by atoms with Gasteiger partial charge in [-0.2, -0.15) is 4.39 Å². The number of nitro benzene ring substituents is 1. The summed E-state index contributed by atoms with van der Waals surface area (Å²) in [5.41, 5.74) is -1.54. The van der Waals surface area contributed by atoms with Gasteiger partial charge >= 0.3 is 5.69 Å². The average molecular weight is 183 g/mol. The van der Waals surface area contributed by atoms with E-state index in [1.54, 1.807) is 5.92 Å². The smallest absolute Gasteiger partial charge is 0.258 e. The SMILES string of the molecule is C#Cc1c(F)ccc([N+](=O)[O-])c1F. The molecular formula is C8H3F2NO2. The Kier molecular flexibility index (Phi) is 2.24. The van der Waals surface area contributed by atoms with Gasteiger partial charge in [0.05, 0.1) is 4.92 Å². The van der Waals surface area contributed by atoms with Crippen LogP contribution in [0, 0.1) is 34.1 Å². The summed E-state index contributed by atoms with van der Waals surface area (Å²) in [6, 6.07) is 1.49. The molecule has 0 aliphatic heterocycles. The molecule has 0 aliphatic carbocycles. The summed E-state index contributed by atoms with van der Waals surface area (Å²) >= 11 is 0. The first-order valence-corrected chi connectivity index (χ1v) is 3.17. The molecular weight excluding hydrogens is 180 g/mol. The number of benzene rings is 1. The highest BCUT2D eigenvalue weighted by molar-refractivity contribution is 5.45. The molecule has 0 radical (unpaired) electrons. The minimum absolute atomic E-state index is 0.714. The van der Waals surface area contributed by atoms with Crippen molar-refractivity contribution in [3.63, 3.8) is 0 Å². The number of rotatable bonds is 1. The minimum Gasteiger partial charge on any atom is -0.258 e. The van der Waals surface area contributed by atoms with E-state index in [1.165, 1.54) is 0 Å². The van der Waals surface area contributed by atoms with Crippen molar-refractivity contribution in [1.29, 1.82) is 0 Å². The molecule has 1 aromatic carbocycles. The van der Waals surface area contributed by atoms with Crippen LogP contribution in [0.15, 0.2) is 12.1 Å². The molecule has 3 nitrogen and oxygen atoms in total. The van der Waals surface area contributed by atoms with Gasteiger partial charge in [-0.3, -0.25) is 10.1 Å². The summed E-state index contributed by atoms with van der Waals surface area (Å²) < 4.78 is 25.6. The van der Waals surface area contributed by atoms with Gasteiger partial charge in [0.2, 0.25) is 5.82 Å². The lowest BCUT2D eigenvalue weighted by atomic mass is 10.2. The van der Waals surface area contributed by atoms with Crippen molar-refractivity contribution in [1.82, 2.24) is 0 Å². The molecule has 1 rings (SSSR count). The lowest BCUT2D eigenvalue weighted by molar-refractivity contribution is -0.387. The average Bonchev–Trinajstić information content (AvgIpc) is 2.04. The van der Waals surface area contributed by atoms with E-state index in [9.17, 15) is 18.9 Å². The molecule has 66 valence electrons. The van der Waals surface area contributed by atoms with Gasteiger partial charge in [0.25, 0.3) is 0 Å². The second kappa shape index (κ2) is 3.19. The molecule has 1 aromatic rings. The molecule has 0 atom stereocenters. The predicted octanol–water partition coefficient (Wildman–Crippen LogP) is 1.85. The van der Waals surface area contributed by atoms with Gasteiger partial charge in [0.15, 0.2) is 0 Å². The molecule has 0 heterocycles. The molecule has 5 heteroatoms. The second-order valence-electron chi connectivity index (χ2n) is 2.16. The summed E-state index contributed by atoms with van der Waals surface area (Å²) in [4.78, 5) is 9.21. The van der Waals surface area contributed by atoms with Gasteiger partial charge in [-0.15, -0.1) is 6.42 Å². The number of halogens is 2. The van der Waals surface area contributed by atoms with Crippen LogP contribution in [0.2, 0.25) is 0 Å². The zero-order valence-electron chi connectivity index (χ0n) is 6.25. The molecule has 0 N–H and O–H groups in total. The maximum absolute atomic E-state index is 13.0. The van der Waals surface area contributed by atoms with Crippen LogP contribution in [0.5, 0.6) is 0 Å². The van der Waals surface area contributed by atoms with Crippen molar-refractivity contribution in [2.75, 3.05) is 0 Å². The number of nitro groups is 1. The summed E-state index contributed by atoms with van der Waals surface area (Å²) in [7, 11) is 0. The van der Waals surface area contributed by atoms with Crippen LogP contribution in [-0.4, -0.2) is 4.92 Å². The highest BCUT2D eigenvalue weighted by Gasteiger charge is 2.19. The third-order valence-corrected chi connectivity index (χ3v) is 1.41. The van der Waals surface area contributed by atoms with Crippen molar-refractivity contribution in [2.45, 2.75) is 0 Å². The summed E-state index contributed by atoms with van der Waals surface area (Å²) in [6.07, 6.45) is 4.77. The van der Waals surface area contributed by atoms with Gasteiger partial charge in [-0.25, -0.2) is 4.39 Å². The lowest BCUT2D eigenvalue weighted by Gasteiger charge is -1.97. The van der Waals surface area contributed by atoms with E-state index in [-0.39, 0.29) is 0 Å². The van der Waals surface area contributed by atoms with E-state index in [0.717, 1.165) is 12.1 Å². The van der Waals surface area contributed by atoms with Gasteiger partial charge in [0.1, 0.15) is 11.4 Å². The Morgan fingerprint density at radius 1 is 1.46 bits per heavy atom. The third kappa shape index (κ3) is 1.47. The fourth-order valence-corrected chi connectivity index (χ4v) is 0.815. The Hall–Kier alpha value is -1.96. The normalized spacial score (nSPS) is 9.31. The predicted molar refractivity (Wildman–Crippen MR) is 40.9 cm³/mol. The Balaban J connectivity index is 3.47. The number of hydrogen-bond acceptors (Lipinski definition) is 2. The molecule has 0 saturated carbocycles. The van der Waals surface area contributed by atoms with E-state index in [1.807, 2.05) is 0 Å². The van der Waals surface area contributed by atoms with Crippen LogP contribution in [0.25, 0.3) is 0 Å². The fraction of sp³-hybridized carbons (Fsp3) is 0. The van der Waals surface area contributed by atoms with E-state index in [2.05, 4.69) is 0 Å². The molecule has 0 amide bonds. The van der Waals surface area contributed by atoms with Crippen LogP contribution >= 0.6 is 0 Å². The molecule has 0 saturated heterocycles. The molecule has 0 aromatic heterocycles. The van der Waals surface area contributed by atoms with Crippen LogP contribution in [0.4, 0.5) is 14.5 Å². The largest absolute Gasteiger partial charge is 0.306 e. The minimum atomic E-state index is -1.31. The van der Waals surface area contributed by atoms with Crippen molar-refractivity contribution < 1.29 is 13.7 Å². The Morgan fingerprint density at radius 3 is 2.54 bits per heavy atom. The van der Waals surface area contributed by atoms with Crippen LogP contribution in [0.1, 0.15) is 5.56 Å². The van der Waals surface area contributed by atoms with Crippen LogP contribution < -0.4 is 0 Å². The fourth-order valence-electron chi connectivity index (χ4n) is 0.815. The Bertz CT molecular complexity index is 409. The number of hydrogen-bond donors (Lipinski definition) is 0. The summed E-state index contributed by atoms with van der Waals surface area (Å²) in [5.74, 6) is -0.589. The molecule has 0 spiro atoms. The van der Waals surface area contributed by atoms with Crippen molar-refractivity contribution >= 4 is 5.69 Å². The topological polar surface area (TPSA) is 43.1 Å². The second-order valence-corrected chi connectivity index (χ2v) is 2.16. The third-order valence-electron chi connectivity index (χ3n) is 1.41. The lowest BCUT2D eigenvalue weighted by Crippen LogP contribution is -1.97. The first-order chi connectivity index (χ1) is 6.07. The zero-order valence-corrected chi connectivity index (χ0v) is 6.25. The number of terminal acetylenes is 1. The van der Waals surface area contributed by atoms with Crippen LogP contribution in [-0.2, 0) is 0 Å². The maximum Gasteiger partial charge on any atom is 0.306 e. The quantitative estimate of drug-likeness (QED) is 0.379. The first kappa shape index (κ1) is 9.13. The van der Waals surface area contributed by atoms with E-state index >= 15 is 0 Å².